The van der Waals surface area contributed by atoms with Gasteiger partial charge in [0.05, 0.1) is 6.61 Å². The molecule has 0 aliphatic heterocycles. The first kappa shape index (κ1) is 19.1. The van der Waals surface area contributed by atoms with Crippen LogP contribution in [0, 0.1) is 0 Å². The fourth-order valence-corrected chi connectivity index (χ4v) is 2.38. The molecule has 0 amide bonds. The zero-order valence-electron chi connectivity index (χ0n) is 16.0. The van der Waals surface area contributed by atoms with Crippen LogP contribution >= 0.6 is 0 Å². The topological polar surface area (TPSA) is 33.7 Å². The maximum absolute atomic E-state index is 6.01. The minimum Gasteiger partial charge on any atom is -0.490 e. The third kappa shape index (κ3) is 7.06. The van der Waals surface area contributed by atoms with Crippen molar-refractivity contribution in [3.05, 3.63) is 48.5 Å². The van der Waals surface area contributed by atoms with Gasteiger partial charge in [-0.05, 0) is 77.7 Å². The minimum absolute atomic E-state index is 0.0371. The monoisotopic (exact) mass is 342 g/mol. The van der Waals surface area contributed by atoms with Gasteiger partial charge in [-0.2, -0.15) is 0 Å². The van der Waals surface area contributed by atoms with E-state index in [9.17, 15) is 0 Å². The van der Waals surface area contributed by atoms with Crippen LogP contribution in [0.3, 0.4) is 0 Å². The summed E-state index contributed by atoms with van der Waals surface area (Å²) in [4.78, 5) is 2.15. The van der Waals surface area contributed by atoms with Crippen molar-refractivity contribution in [1.82, 2.24) is 4.90 Å². The molecule has 0 fully saturated rings. The highest BCUT2D eigenvalue weighted by molar-refractivity contribution is 5.49. The van der Waals surface area contributed by atoms with Gasteiger partial charge in [0, 0.05) is 17.8 Å². The molecule has 0 radical (unpaired) electrons. The molecule has 0 bridgehead atoms. The van der Waals surface area contributed by atoms with Gasteiger partial charge in [-0.15, -0.1) is 0 Å². The Hall–Kier alpha value is -2.20. The van der Waals surface area contributed by atoms with Gasteiger partial charge in [-0.25, -0.2) is 0 Å². The molecule has 0 aromatic heterocycles. The van der Waals surface area contributed by atoms with Crippen molar-refractivity contribution in [3.8, 4) is 17.2 Å². The molecule has 1 N–H and O–H groups in total. The summed E-state index contributed by atoms with van der Waals surface area (Å²) < 4.78 is 11.9. The lowest BCUT2D eigenvalue weighted by atomic mass is 10.1. The third-order valence-corrected chi connectivity index (χ3v) is 3.46. The fourth-order valence-electron chi connectivity index (χ4n) is 2.38. The smallest absolute Gasteiger partial charge is 0.169 e. The van der Waals surface area contributed by atoms with E-state index in [0.29, 0.717) is 6.61 Å². The molecular formula is C21H30N2O2. The summed E-state index contributed by atoms with van der Waals surface area (Å²) in [6, 6.07) is 15.8. The van der Waals surface area contributed by atoms with Crippen molar-refractivity contribution >= 4 is 5.69 Å². The van der Waals surface area contributed by atoms with Gasteiger partial charge in [-0.1, -0.05) is 12.1 Å². The molecule has 2 aromatic carbocycles. The molecular weight excluding hydrogens is 312 g/mol. The fraction of sp³-hybridized carbons (Fsp3) is 0.429. The highest BCUT2D eigenvalue weighted by Crippen LogP contribution is 2.32. The van der Waals surface area contributed by atoms with Crippen molar-refractivity contribution in [2.75, 3.05) is 32.6 Å². The van der Waals surface area contributed by atoms with Crippen LogP contribution in [0.25, 0.3) is 0 Å². The molecule has 0 spiro atoms. The third-order valence-electron chi connectivity index (χ3n) is 3.46. The van der Waals surface area contributed by atoms with Gasteiger partial charge in [-0.3, -0.25) is 0 Å². The Balaban J connectivity index is 1.98. The molecule has 0 atom stereocenters. The number of hydrogen-bond donors (Lipinski definition) is 1. The molecule has 2 rings (SSSR count). The number of nitrogens with zero attached hydrogens (tertiary/aromatic N) is 1. The zero-order valence-corrected chi connectivity index (χ0v) is 16.0. The van der Waals surface area contributed by atoms with Crippen LogP contribution in [0.5, 0.6) is 17.2 Å². The summed E-state index contributed by atoms with van der Waals surface area (Å²) in [7, 11) is 4.13. The zero-order chi connectivity index (χ0) is 18.3. The van der Waals surface area contributed by atoms with E-state index in [0.717, 1.165) is 35.9 Å². The van der Waals surface area contributed by atoms with Gasteiger partial charge >= 0.3 is 0 Å². The Kier molecular flexibility index (Phi) is 6.71. The molecule has 2 aromatic rings. The number of ether oxygens (including phenoxy) is 2. The Bertz CT molecular complexity index is 646. The summed E-state index contributed by atoms with van der Waals surface area (Å²) in [5, 5.41) is 3.44. The SMILES string of the molecule is CN(C)CCCOc1ccccc1Oc1ccc(NC(C)(C)C)cc1. The first-order chi connectivity index (χ1) is 11.8. The average molecular weight is 342 g/mol. The summed E-state index contributed by atoms with van der Waals surface area (Å²) in [6.45, 7) is 8.10. The Morgan fingerprint density at radius 1 is 0.920 bits per heavy atom. The summed E-state index contributed by atoms with van der Waals surface area (Å²) in [5.41, 5.74) is 1.11. The highest BCUT2D eigenvalue weighted by Gasteiger charge is 2.10. The summed E-state index contributed by atoms with van der Waals surface area (Å²) in [6.07, 6.45) is 0.981. The van der Waals surface area contributed by atoms with Crippen LogP contribution in [0.4, 0.5) is 5.69 Å². The first-order valence-corrected chi connectivity index (χ1v) is 8.76. The van der Waals surface area contributed by atoms with Gasteiger partial charge in [0.25, 0.3) is 0 Å². The van der Waals surface area contributed by atoms with Crippen LogP contribution in [-0.4, -0.2) is 37.7 Å². The van der Waals surface area contributed by atoms with Gasteiger partial charge in [0.1, 0.15) is 5.75 Å². The van der Waals surface area contributed by atoms with Crippen LogP contribution in [0.1, 0.15) is 27.2 Å². The number of para-hydroxylation sites is 2. The number of nitrogens with one attached hydrogen (secondary N) is 1. The van der Waals surface area contributed by atoms with Gasteiger partial charge in [0.2, 0.25) is 0 Å². The lowest BCUT2D eigenvalue weighted by Crippen LogP contribution is -2.25. The molecule has 0 heterocycles. The average Bonchev–Trinajstić information content (AvgIpc) is 2.53. The molecule has 0 aliphatic carbocycles. The van der Waals surface area contributed by atoms with Gasteiger partial charge in [0.15, 0.2) is 11.5 Å². The van der Waals surface area contributed by atoms with Crippen molar-refractivity contribution < 1.29 is 9.47 Å². The number of rotatable bonds is 8. The van der Waals surface area contributed by atoms with Crippen molar-refractivity contribution in [2.24, 2.45) is 0 Å². The quantitative estimate of drug-likeness (QED) is 0.683. The van der Waals surface area contributed by atoms with E-state index < -0.39 is 0 Å². The summed E-state index contributed by atoms with van der Waals surface area (Å²) >= 11 is 0. The minimum atomic E-state index is 0.0371. The molecule has 25 heavy (non-hydrogen) atoms. The second kappa shape index (κ2) is 8.77. The maximum Gasteiger partial charge on any atom is 0.169 e. The number of anilines is 1. The van der Waals surface area contributed by atoms with E-state index in [4.69, 9.17) is 9.47 Å². The Morgan fingerprint density at radius 3 is 2.16 bits per heavy atom. The lowest BCUT2D eigenvalue weighted by molar-refractivity contribution is 0.272. The second-order valence-corrected chi connectivity index (χ2v) is 7.45. The molecule has 4 nitrogen and oxygen atoms in total. The first-order valence-electron chi connectivity index (χ1n) is 8.76. The van der Waals surface area contributed by atoms with E-state index in [-0.39, 0.29) is 5.54 Å². The van der Waals surface area contributed by atoms with E-state index in [1.165, 1.54) is 0 Å². The number of hydrogen-bond acceptors (Lipinski definition) is 4. The van der Waals surface area contributed by atoms with E-state index in [2.05, 4.69) is 45.1 Å². The summed E-state index contributed by atoms with van der Waals surface area (Å²) in [5.74, 6) is 2.31. The molecule has 4 heteroatoms. The predicted molar refractivity (Wildman–Crippen MR) is 105 cm³/mol. The molecule has 0 saturated carbocycles. The largest absolute Gasteiger partial charge is 0.490 e. The Morgan fingerprint density at radius 2 is 1.56 bits per heavy atom. The van der Waals surface area contributed by atoms with E-state index >= 15 is 0 Å². The van der Waals surface area contributed by atoms with Crippen LogP contribution < -0.4 is 14.8 Å². The second-order valence-electron chi connectivity index (χ2n) is 7.45. The van der Waals surface area contributed by atoms with Crippen molar-refractivity contribution in [3.63, 3.8) is 0 Å². The predicted octanol–water partition coefficient (Wildman–Crippen LogP) is 5.02. The van der Waals surface area contributed by atoms with Crippen LogP contribution in [0.2, 0.25) is 0 Å². The van der Waals surface area contributed by atoms with E-state index in [1.54, 1.807) is 0 Å². The van der Waals surface area contributed by atoms with Gasteiger partial charge < -0.3 is 19.7 Å². The molecule has 0 unspecified atom stereocenters. The maximum atomic E-state index is 6.01. The standard InChI is InChI=1S/C21H30N2O2/c1-21(2,3)22-17-11-13-18(14-12-17)25-20-10-7-6-9-19(20)24-16-8-15-23(4)5/h6-7,9-14,22H,8,15-16H2,1-5H3. The van der Waals surface area contributed by atoms with Crippen LogP contribution in [-0.2, 0) is 0 Å². The lowest BCUT2D eigenvalue weighted by Gasteiger charge is -2.22. The Labute approximate surface area is 151 Å². The molecule has 136 valence electrons. The van der Waals surface area contributed by atoms with Crippen molar-refractivity contribution in [1.29, 1.82) is 0 Å². The number of benzene rings is 2. The molecule has 0 saturated heterocycles. The van der Waals surface area contributed by atoms with Crippen LogP contribution in [0.15, 0.2) is 48.5 Å². The molecule has 0 aliphatic rings. The normalized spacial score (nSPS) is 11.4. The highest BCUT2D eigenvalue weighted by atomic mass is 16.5. The van der Waals surface area contributed by atoms with Crippen molar-refractivity contribution in [2.45, 2.75) is 32.7 Å². The van der Waals surface area contributed by atoms with E-state index in [1.807, 2.05) is 48.5 Å².